The summed E-state index contributed by atoms with van der Waals surface area (Å²) in [7, 11) is 2.13. The van der Waals surface area contributed by atoms with E-state index >= 15 is 0 Å². The summed E-state index contributed by atoms with van der Waals surface area (Å²) >= 11 is 1.67. The molecule has 2 aromatic rings. The number of anilines is 1. The first-order valence-electron chi connectivity index (χ1n) is 8.63. The molecule has 27 heavy (non-hydrogen) atoms. The molecule has 0 spiro atoms. The van der Waals surface area contributed by atoms with E-state index in [1.807, 2.05) is 25.4 Å². The van der Waals surface area contributed by atoms with E-state index in [-0.39, 0.29) is 31.4 Å². The smallest absolute Gasteiger partial charge is 0.124 e. The molecule has 0 amide bonds. The zero-order valence-corrected chi connectivity index (χ0v) is 17.8. The van der Waals surface area contributed by atoms with Crippen molar-refractivity contribution >= 4 is 53.0 Å². The zero-order valence-electron chi connectivity index (χ0n) is 15.4. The molecule has 9 heteroatoms. The van der Waals surface area contributed by atoms with Crippen LogP contribution in [0.2, 0.25) is 0 Å². The first-order chi connectivity index (χ1) is 12.2. The molecule has 2 aliphatic heterocycles. The number of likely N-dealkylation sites (N-methyl/N-ethyl adjacent to an activating group) is 1. The molecule has 2 N–H and O–H groups in total. The van der Waals surface area contributed by atoms with Crippen molar-refractivity contribution in [1.82, 2.24) is 19.8 Å². The number of aromatic nitrogens is 2. The molecule has 2 aromatic heterocycles. The minimum atomic E-state index is 0. The molecule has 0 bridgehead atoms. The Morgan fingerprint density at radius 3 is 2.93 bits per heavy atom. The third kappa shape index (κ3) is 4.22. The summed E-state index contributed by atoms with van der Waals surface area (Å²) in [6.07, 6.45) is 4.65. The zero-order chi connectivity index (χ0) is 17.4. The molecular weight excluding hydrogens is 405 g/mol. The molecule has 1 atom stereocenters. The quantitative estimate of drug-likeness (QED) is 0.758. The van der Waals surface area contributed by atoms with Crippen molar-refractivity contribution in [2.75, 3.05) is 38.6 Å². The van der Waals surface area contributed by atoms with E-state index in [1.165, 1.54) is 0 Å². The van der Waals surface area contributed by atoms with Crippen molar-refractivity contribution in [1.29, 1.82) is 0 Å². The van der Waals surface area contributed by atoms with Crippen LogP contribution in [-0.4, -0.2) is 64.2 Å². The van der Waals surface area contributed by atoms with Gasteiger partial charge in [0.2, 0.25) is 0 Å². The van der Waals surface area contributed by atoms with Crippen molar-refractivity contribution < 1.29 is 5.11 Å². The number of piperazine rings is 1. The van der Waals surface area contributed by atoms with Gasteiger partial charge in [-0.05, 0) is 32.5 Å². The first kappa shape index (κ1) is 21.9. The van der Waals surface area contributed by atoms with E-state index in [1.54, 1.807) is 11.3 Å². The second-order valence-corrected chi connectivity index (χ2v) is 7.79. The van der Waals surface area contributed by atoms with Gasteiger partial charge in [-0.15, -0.1) is 36.2 Å². The Hall–Kier alpha value is -1.38. The Labute approximate surface area is 175 Å². The maximum Gasteiger partial charge on any atom is 0.124 e. The molecular formula is C18H25Cl2N5OS. The molecule has 4 rings (SSSR count). The highest BCUT2D eigenvalue weighted by molar-refractivity contribution is 7.16. The number of fused-ring (bicyclic) bond motifs is 2. The van der Waals surface area contributed by atoms with Crippen molar-refractivity contribution in [3.63, 3.8) is 0 Å². The predicted octanol–water partition coefficient (Wildman–Crippen LogP) is 1.01. The highest BCUT2D eigenvalue weighted by Crippen LogP contribution is 2.32. The lowest BCUT2D eigenvalue weighted by Crippen LogP contribution is -2.52. The molecule has 148 valence electrons. The van der Waals surface area contributed by atoms with Crippen LogP contribution >= 0.6 is 36.2 Å². The van der Waals surface area contributed by atoms with Crippen LogP contribution in [0.5, 0.6) is 0 Å². The van der Waals surface area contributed by atoms with Gasteiger partial charge in [-0.2, -0.15) is 0 Å². The third-order valence-electron chi connectivity index (χ3n) is 4.94. The van der Waals surface area contributed by atoms with Gasteiger partial charge in [-0.3, -0.25) is 9.88 Å². The number of nitrogens with zero attached hydrogens (tertiary/aromatic N) is 4. The van der Waals surface area contributed by atoms with Gasteiger partial charge in [0.15, 0.2) is 0 Å². The van der Waals surface area contributed by atoms with Crippen LogP contribution in [0.4, 0.5) is 5.00 Å². The fourth-order valence-corrected chi connectivity index (χ4v) is 4.37. The Morgan fingerprint density at radius 2 is 2.15 bits per heavy atom. The van der Waals surface area contributed by atoms with Gasteiger partial charge in [0.1, 0.15) is 10.7 Å². The lowest BCUT2D eigenvalue weighted by molar-refractivity contribution is 0.109. The first-order valence-corrected chi connectivity index (χ1v) is 9.45. The van der Waals surface area contributed by atoms with Gasteiger partial charge in [0.25, 0.3) is 0 Å². The van der Waals surface area contributed by atoms with Gasteiger partial charge in [-0.25, -0.2) is 4.98 Å². The highest BCUT2D eigenvalue weighted by atomic mass is 35.5. The van der Waals surface area contributed by atoms with Crippen molar-refractivity contribution in [2.24, 2.45) is 0 Å². The molecule has 0 radical (unpaired) electrons. The predicted molar refractivity (Wildman–Crippen MR) is 115 cm³/mol. The van der Waals surface area contributed by atoms with Gasteiger partial charge >= 0.3 is 0 Å². The molecule has 1 unspecified atom stereocenters. The van der Waals surface area contributed by atoms with Crippen LogP contribution in [0, 0.1) is 6.92 Å². The molecule has 0 saturated carbocycles. The summed E-state index contributed by atoms with van der Waals surface area (Å²) in [6, 6.07) is 4.38. The minimum Gasteiger partial charge on any atom is -0.396 e. The summed E-state index contributed by atoms with van der Waals surface area (Å²) in [4.78, 5) is 14.2. The third-order valence-corrected chi connectivity index (χ3v) is 5.84. The molecule has 4 heterocycles. The van der Waals surface area contributed by atoms with Crippen LogP contribution in [0.25, 0.3) is 11.9 Å². The van der Waals surface area contributed by atoms with E-state index in [2.05, 4.69) is 33.2 Å². The average Bonchev–Trinajstić information content (AvgIpc) is 2.90. The van der Waals surface area contributed by atoms with Gasteiger partial charge in [-0.1, -0.05) is 0 Å². The van der Waals surface area contributed by atoms with Crippen LogP contribution < -0.4 is 15.9 Å². The summed E-state index contributed by atoms with van der Waals surface area (Å²) < 4.78 is 0. The largest absolute Gasteiger partial charge is 0.396 e. The number of rotatable bonds is 3. The highest BCUT2D eigenvalue weighted by Gasteiger charge is 2.29. The van der Waals surface area contributed by atoms with E-state index in [9.17, 15) is 5.11 Å². The summed E-state index contributed by atoms with van der Waals surface area (Å²) in [6.45, 7) is 5.02. The number of aliphatic hydroxyl groups excluding tert-OH is 1. The number of pyridine rings is 1. The number of nitrogens with one attached hydrogen (secondary N) is 1. The van der Waals surface area contributed by atoms with Crippen LogP contribution in [0.3, 0.4) is 0 Å². The topological polar surface area (TPSA) is 64.5 Å². The maximum atomic E-state index is 9.41. The summed E-state index contributed by atoms with van der Waals surface area (Å²) in [5.74, 6) is 0. The molecule has 1 saturated heterocycles. The lowest BCUT2D eigenvalue weighted by Gasteiger charge is -2.41. The molecule has 6 nitrogen and oxygen atoms in total. The number of halogens is 2. The fourth-order valence-electron chi connectivity index (χ4n) is 3.58. The Bertz CT molecular complexity index is 903. The van der Waals surface area contributed by atoms with E-state index in [0.29, 0.717) is 6.04 Å². The maximum absolute atomic E-state index is 9.41. The fraction of sp³-hybridized carbons (Fsp3) is 0.444. The van der Waals surface area contributed by atoms with Crippen molar-refractivity contribution in [2.45, 2.75) is 19.4 Å². The van der Waals surface area contributed by atoms with Crippen LogP contribution in [-0.2, 0) is 0 Å². The van der Waals surface area contributed by atoms with Gasteiger partial charge in [0, 0.05) is 49.9 Å². The standard InChI is InChI=1S/C18H23N5OS.2ClH/c1-12-21-16-17(23-8-7-22(2)14(11-23)5-9-24)15-13(4-3-6-19-15)10-20-18(16)25-12;;/h3-4,6,10,14,20,24H,5,7-9,11H2,1-2H3;2*1H. The lowest BCUT2D eigenvalue weighted by atomic mass is 10.1. The Kier molecular flexibility index (Phi) is 7.47. The minimum absolute atomic E-state index is 0. The van der Waals surface area contributed by atoms with Crippen molar-refractivity contribution in [3.05, 3.63) is 39.6 Å². The monoisotopic (exact) mass is 429 g/mol. The van der Waals surface area contributed by atoms with Crippen LogP contribution in [0.1, 0.15) is 17.1 Å². The number of hydrogen-bond acceptors (Lipinski definition) is 7. The second-order valence-electron chi connectivity index (χ2n) is 6.58. The van der Waals surface area contributed by atoms with Crippen molar-refractivity contribution in [3.8, 4) is 0 Å². The second kappa shape index (κ2) is 9.21. The number of aryl methyl sites for hydroxylation is 1. The SMILES string of the molecule is Cc1nc2c(s1)NC=c1cccnc1=C2N1CCN(C)C(CCO)C1.Cl.Cl. The van der Waals surface area contributed by atoms with Gasteiger partial charge in [0.05, 0.1) is 16.1 Å². The Balaban J connectivity index is 0.00000131. The van der Waals surface area contributed by atoms with Crippen LogP contribution in [0.15, 0.2) is 18.3 Å². The average molecular weight is 430 g/mol. The number of thiazole rings is 1. The molecule has 0 aromatic carbocycles. The summed E-state index contributed by atoms with van der Waals surface area (Å²) in [5.41, 5.74) is 2.09. The molecule has 0 aliphatic carbocycles. The van der Waals surface area contributed by atoms with E-state index in [4.69, 9.17) is 4.98 Å². The molecule has 1 fully saturated rings. The van der Waals surface area contributed by atoms with E-state index < -0.39 is 0 Å². The number of hydrogen-bond donors (Lipinski definition) is 2. The Morgan fingerprint density at radius 1 is 1.33 bits per heavy atom. The van der Waals surface area contributed by atoms with E-state index in [0.717, 1.165) is 58.0 Å². The summed E-state index contributed by atoms with van der Waals surface area (Å²) in [5, 5.41) is 17.0. The van der Waals surface area contributed by atoms with Gasteiger partial charge < -0.3 is 15.3 Å². The normalized spacial score (nSPS) is 18.9. The number of aliphatic hydroxyl groups is 1. The molecule has 2 aliphatic rings.